The Hall–Kier alpha value is -1.81. The summed E-state index contributed by atoms with van der Waals surface area (Å²) in [6.45, 7) is 6.51. The van der Waals surface area contributed by atoms with E-state index in [-0.39, 0.29) is 5.91 Å². The number of aromatic amines is 1. The highest BCUT2D eigenvalue weighted by atomic mass is 16.5. The summed E-state index contributed by atoms with van der Waals surface area (Å²) in [5.74, 6) is 0.560. The molecule has 112 valence electrons. The highest BCUT2D eigenvalue weighted by molar-refractivity contribution is 5.99. The predicted molar refractivity (Wildman–Crippen MR) is 83.6 cm³/mol. The SMILES string of the molecule is Cc1[nH]c2ccc(C(=O)NCC3CCOCC3)cc2c1C. The van der Waals surface area contributed by atoms with Crippen molar-refractivity contribution in [3.8, 4) is 0 Å². The average molecular weight is 286 g/mol. The predicted octanol–water partition coefficient (Wildman–Crippen LogP) is 2.94. The van der Waals surface area contributed by atoms with Gasteiger partial charge in [0.1, 0.15) is 0 Å². The minimum absolute atomic E-state index is 0.0154. The second kappa shape index (κ2) is 5.90. The third-order valence-corrected chi connectivity index (χ3v) is 4.46. The van der Waals surface area contributed by atoms with E-state index >= 15 is 0 Å². The quantitative estimate of drug-likeness (QED) is 0.911. The molecule has 0 bridgehead atoms. The second-order valence-electron chi connectivity index (χ2n) is 5.90. The van der Waals surface area contributed by atoms with E-state index in [1.807, 2.05) is 18.2 Å². The fourth-order valence-electron chi connectivity index (χ4n) is 2.89. The largest absolute Gasteiger partial charge is 0.381 e. The molecule has 0 aliphatic carbocycles. The van der Waals surface area contributed by atoms with Gasteiger partial charge in [0.15, 0.2) is 0 Å². The zero-order valence-electron chi connectivity index (χ0n) is 12.7. The Balaban J connectivity index is 1.70. The number of aryl methyl sites for hydroxylation is 2. The van der Waals surface area contributed by atoms with Gasteiger partial charge in [0, 0.05) is 41.9 Å². The van der Waals surface area contributed by atoms with Crippen LogP contribution < -0.4 is 5.32 Å². The number of nitrogens with one attached hydrogen (secondary N) is 2. The van der Waals surface area contributed by atoms with E-state index in [1.54, 1.807) is 0 Å². The lowest BCUT2D eigenvalue weighted by atomic mass is 10.0. The Labute approximate surface area is 124 Å². The van der Waals surface area contributed by atoms with Gasteiger partial charge in [-0.2, -0.15) is 0 Å². The standard InChI is InChI=1S/C17H22N2O2/c1-11-12(2)19-16-4-3-14(9-15(11)16)17(20)18-10-13-5-7-21-8-6-13/h3-4,9,13,19H,5-8,10H2,1-2H3,(H,18,20). The van der Waals surface area contributed by atoms with Crippen LogP contribution in [0.4, 0.5) is 0 Å². The number of fused-ring (bicyclic) bond motifs is 1. The van der Waals surface area contributed by atoms with Gasteiger partial charge in [0.25, 0.3) is 5.91 Å². The van der Waals surface area contributed by atoms with Crippen molar-refractivity contribution in [2.24, 2.45) is 5.92 Å². The molecule has 0 spiro atoms. The van der Waals surface area contributed by atoms with Crippen molar-refractivity contribution in [1.29, 1.82) is 0 Å². The van der Waals surface area contributed by atoms with Gasteiger partial charge in [-0.1, -0.05) is 0 Å². The van der Waals surface area contributed by atoms with Crippen molar-refractivity contribution in [3.63, 3.8) is 0 Å². The summed E-state index contributed by atoms with van der Waals surface area (Å²) in [6.07, 6.45) is 2.07. The number of amides is 1. The molecule has 0 radical (unpaired) electrons. The summed E-state index contributed by atoms with van der Waals surface area (Å²) in [5, 5.41) is 4.19. The molecular weight excluding hydrogens is 264 g/mol. The van der Waals surface area contributed by atoms with Crippen molar-refractivity contribution in [3.05, 3.63) is 35.0 Å². The van der Waals surface area contributed by atoms with Crippen molar-refractivity contribution in [2.45, 2.75) is 26.7 Å². The molecule has 1 saturated heterocycles. The molecule has 2 heterocycles. The normalized spacial score (nSPS) is 16.3. The van der Waals surface area contributed by atoms with Crippen LogP contribution in [-0.4, -0.2) is 30.6 Å². The molecule has 4 heteroatoms. The smallest absolute Gasteiger partial charge is 0.251 e. The van der Waals surface area contributed by atoms with Crippen LogP contribution >= 0.6 is 0 Å². The lowest BCUT2D eigenvalue weighted by Crippen LogP contribution is -2.32. The monoisotopic (exact) mass is 286 g/mol. The Morgan fingerprint density at radius 2 is 2.10 bits per heavy atom. The number of rotatable bonds is 3. The summed E-state index contributed by atoms with van der Waals surface area (Å²) in [6, 6.07) is 5.85. The van der Waals surface area contributed by atoms with Crippen molar-refractivity contribution in [1.82, 2.24) is 10.3 Å². The fraction of sp³-hybridized carbons (Fsp3) is 0.471. The molecule has 1 aromatic carbocycles. The summed E-state index contributed by atoms with van der Waals surface area (Å²) < 4.78 is 5.34. The van der Waals surface area contributed by atoms with Crippen molar-refractivity contribution < 1.29 is 9.53 Å². The highest BCUT2D eigenvalue weighted by Gasteiger charge is 2.15. The average Bonchev–Trinajstić information content (AvgIpc) is 2.80. The Morgan fingerprint density at radius 1 is 1.33 bits per heavy atom. The molecule has 1 aliphatic rings. The Bertz CT molecular complexity index is 654. The molecular formula is C17H22N2O2. The Morgan fingerprint density at radius 3 is 2.86 bits per heavy atom. The molecule has 1 aromatic heterocycles. The molecule has 1 aliphatic heterocycles. The van der Waals surface area contributed by atoms with Crippen LogP contribution in [0.1, 0.15) is 34.5 Å². The first-order chi connectivity index (χ1) is 10.1. The third kappa shape index (κ3) is 2.95. The van der Waals surface area contributed by atoms with E-state index < -0.39 is 0 Å². The van der Waals surface area contributed by atoms with Crippen LogP contribution in [0.3, 0.4) is 0 Å². The van der Waals surface area contributed by atoms with E-state index in [0.29, 0.717) is 5.92 Å². The first kappa shape index (κ1) is 14.1. The number of aromatic nitrogens is 1. The number of benzene rings is 1. The number of ether oxygens (including phenoxy) is 1. The lowest BCUT2D eigenvalue weighted by molar-refractivity contribution is 0.0643. The lowest BCUT2D eigenvalue weighted by Gasteiger charge is -2.22. The molecule has 2 N–H and O–H groups in total. The van der Waals surface area contributed by atoms with E-state index in [2.05, 4.69) is 24.1 Å². The minimum atomic E-state index is 0.0154. The first-order valence-corrected chi connectivity index (χ1v) is 7.60. The number of carbonyl (C=O) groups excluding carboxylic acids is 1. The van der Waals surface area contributed by atoms with Gasteiger partial charge in [0.2, 0.25) is 0 Å². The number of H-pyrrole nitrogens is 1. The van der Waals surface area contributed by atoms with Crippen LogP contribution in [-0.2, 0) is 4.74 Å². The topological polar surface area (TPSA) is 54.1 Å². The fourth-order valence-corrected chi connectivity index (χ4v) is 2.89. The van der Waals surface area contributed by atoms with Crippen LogP contribution in [0.2, 0.25) is 0 Å². The maximum atomic E-state index is 12.3. The van der Waals surface area contributed by atoms with Gasteiger partial charge < -0.3 is 15.0 Å². The number of hydrogen-bond donors (Lipinski definition) is 2. The van der Waals surface area contributed by atoms with Crippen LogP contribution in [0.15, 0.2) is 18.2 Å². The van der Waals surface area contributed by atoms with E-state index in [0.717, 1.165) is 54.8 Å². The van der Waals surface area contributed by atoms with Gasteiger partial charge in [-0.3, -0.25) is 4.79 Å². The molecule has 0 atom stereocenters. The van der Waals surface area contributed by atoms with Gasteiger partial charge in [-0.25, -0.2) is 0 Å². The van der Waals surface area contributed by atoms with E-state index in [1.165, 1.54) is 5.56 Å². The molecule has 0 saturated carbocycles. The number of hydrogen-bond acceptors (Lipinski definition) is 2. The molecule has 1 fully saturated rings. The third-order valence-electron chi connectivity index (χ3n) is 4.46. The van der Waals surface area contributed by atoms with Gasteiger partial charge in [-0.15, -0.1) is 0 Å². The minimum Gasteiger partial charge on any atom is -0.381 e. The molecule has 1 amide bonds. The summed E-state index contributed by atoms with van der Waals surface area (Å²) >= 11 is 0. The van der Waals surface area contributed by atoms with Gasteiger partial charge in [-0.05, 0) is 56.4 Å². The zero-order valence-corrected chi connectivity index (χ0v) is 12.7. The van der Waals surface area contributed by atoms with Crippen molar-refractivity contribution in [2.75, 3.05) is 19.8 Å². The van der Waals surface area contributed by atoms with Crippen LogP contribution in [0.5, 0.6) is 0 Å². The Kier molecular flexibility index (Phi) is 3.97. The summed E-state index contributed by atoms with van der Waals surface area (Å²) in [5.41, 5.74) is 4.19. The number of carbonyl (C=O) groups is 1. The molecule has 2 aromatic rings. The van der Waals surface area contributed by atoms with Crippen molar-refractivity contribution >= 4 is 16.8 Å². The second-order valence-corrected chi connectivity index (χ2v) is 5.90. The molecule has 4 nitrogen and oxygen atoms in total. The van der Waals surface area contributed by atoms with Crippen LogP contribution in [0, 0.1) is 19.8 Å². The first-order valence-electron chi connectivity index (χ1n) is 7.60. The molecule has 3 rings (SSSR count). The molecule has 21 heavy (non-hydrogen) atoms. The summed E-state index contributed by atoms with van der Waals surface area (Å²) in [4.78, 5) is 15.6. The summed E-state index contributed by atoms with van der Waals surface area (Å²) in [7, 11) is 0. The van der Waals surface area contributed by atoms with E-state index in [4.69, 9.17) is 4.74 Å². The maximum Gasteiger partial charge on any atom is 0.251 e. The maximum absolute atomic E-state index is 12.3. The van der Waals surface area contributed by atoms with E-state index in [9.17, 15) is 4.79 Å². The zero-order chi connectivity index (χ0) is 14.8. The van der Waals surface area contributed by atoms with Gasteiger partial charge >= 0.3 is 0 Å². The van der Waals surface area contributed by atoms with Crippen LogP contribution in [0.25, 0.3) is 10.9 Å². The van der Waals surface area contributed by atoms with Gasteiger partial charge in [0.05, 0.1) is 0 Å². The molecule has 0 unspecified atom stereocenters. The highest BCUT2D eigenvalue weighted by Crippen LogP contribution is 2.22.